The Morgan fingerprint density at radius 1 is 1.22 bits per heavy atom. The van der Waals surface area contributed by atoms with Gasteiger partial charge in [0.05, 0.1) is 0 Å². The van der Waals surface area contributed by atoms with Crippen molar-refractivity contribution < 1.29 is 9.32 Å². The lowest BCUT2D eigenvalue weighted by Gasteiger charge is -2.20. The molecule has 1 N–H and O–H groups in total. The van der Waals surface area contributed by atoms with Gasteiger partial charge in [0.2, 0.25) is 11.7 Å². The maximum Gasteiger partial charge on any atom is 0.251 e. The second-order valence-electron chi connectivity index (χ2n) is 6.62. The summed E-state index contributed by atoms with van der Waals surface area (Å²) in [4.78, 5) is 17.1. The number of benzene rings is 2. The summed E-state index contributed by atoms with van der Waals surface area (Å²) in [5.41, 5.74) is 2.35. The van der Waals surface area contributed by atoms with Crippen LogP contribution in [0.2, 0.25) is 5.02 Å². The van der Waals surface area contributed by atoms with E-state index in [1.165, 1.54) is 0 Å². The molecule has 0 fully saturated rings. The Morgan fingerprint density at radius 2 is 1.96 bits per heavy atom. The number of hydrogen-bond donors (Lipinski definition) is 1. The van der Waals surface area contributed by atoms with Gasteiger partial charge in [-0.05, 0) is 36.6 Å². The zero-order valence-electron chi connectivity index (χ0n) is 15.6. The molecular weight excluding hydrogens is 362 g/mol. The van der Waals surface area contributed by atoms with Crippen molar-refractivity contribution in [2.24, 2.45) is 5.92 Å². The summed E-state index contributed by atoms with van der Waals surface area (Å²) in [7, 11) is 0. The van der Waals surface area contributed by atoms with E-state index in [4.69, 9.17) is 16.1 Å². The standard InChI is InChI=1S/C21H22ClN3O2/c1-4-13(2)18(23-20(26)15-8-6-5-7-9-15)21-24-19(25-27-21)16-11-10-14(3)17(22)12-16/h5-13,18H,4H2,1-3H3,(H,23,26)/t13-,18-/m1/s1. The first-order valence-corrected chi connectivity index (χ1v) is 9.33. The number of carbonyl (C=O) groups is 1. The highest BCUT2D eigenvalue weighted by Gasteiger charge is 2.27. The number of carbonyl (C=O) groups excluding carboxylic acids is 1. The Morgan fingerprint density at radius 3 is 2.63 bits per heavy atom. The predicted molar refractivity (Wildman–Crippen MR) is 106 cm³/mol. The largest absolute Gasteiger partial charge is 0.340 e. The zero-order chi connectivity index (χ0) is 19.4. The molecule has 0 spiro atoms. The van der Waals surface area contributed by atoms with Crippen LogP contribution < -0.4 is 5.32 Å². The SMILES string of the molecule is CC[C@@H](C)[C@@H](NC(=O)c1ccccc1)c1nc(-c2ccc(C)c(Cl)c2)no1. The molecular formula is C21H22ClN3O2. The number of amides is 1. The van der Waals surface area contributed by atoms with Gasteiger partial charge >= 0.3 is 0 Å². The Hall–Kier alpha value is -2.66. The van der Waals surface area contributed by atoms with E-state index in [1.807, 2.05) is 50.2 Å². The molecule has 0 saturated heterocycles. The van der Waals surface area contributed by atoms with Crippen LogP contribution in [-0.4, -0.2) is 16.0 Å². The lowest BCUT2D eigenvalue weighted by molar-refractivity contribution is 0.0910. The van der Waals surface area contributed by atoms with Crippen LogP contribution in [0.1, 0.15) is 48.1 Å². The van der Waals surface area contributed by atoms with Crippen molar-refractivity contribution in [2.45, 2.75) is 33.2 Å². The molecule has 0 radical (unpaired) electrons. The number of aromatic nitrogens is 2. The van der Waals surface area contributed by atoms with Gasteiger partial charge in [-0.15, -0.1) is 0 Å². The quantitative estimate of drug-likeness (QED) is 0.633. The number of nitrogens with zero attached hydrogens (tertiary/aromatic N) is 2. The van der Waals surface area contributed by atoms with Gasteiger partial charge in [-0.25, -0.2) is 0 Å². The van der Waals surface area contributed by atoms with E-state index in [1.54, 1.807) is 12.1 Å². The first kappa shape index (κ1) is 19.1. The highest BCUT2D eigenvalue weighted by molar-refractivity contribution is 6.31. The molecule has 3 aromatic rings. The predicted octanol–water partition coefficient (Wildman–Crippen LogP) is 5.22. The van der Waals surface area contributed by atoms with Crippen LogP contribution in [0.5, 0.6) is 0 Å². The smallest absolute Gasteiger partial charge is 0.251 e. The van der Waals surface area contributed by atoms with Gasteiger partial charge < -0.3 is 9.84 Å². The minimum absolute atomic E-state index is 0.132. The number of aryl methyl sites for hydroxylation is 1. The van der Waals surface area contributed by atoms with E-state index in [2.05, 4.69) is 22.4 Å². The van der Waals surface area contributed by atoms with Crippen molar-refractivity contribution in [1.82, 2.24) is 15.5 Å². The van der Waals surface area contributed by atoms with E-state index < -0.39 is 0 Å². The van der Waals surface area contributed by atoms with Gasteiger partial charge in [-0.1, -0.05) is 67.4 Å². The molecule has 0 bridgehead atoms. The molecule has 0 saturated carbocycles. The number of halogens is 1. The van der Waals surface area contributed by atoms with E-state index in [0.717, 1.165) is 17.5 Å². The van der Waals surface area contributed by atoms with E-state index in [9.17, 15) is 4.79 Å². The fourth-order valence-electron chi connectivity index (χ4n) is 2.71. The molecule has 1 amide bonds. The van der Waals surface area contributed by atoms with Crippen molar-refractivity contribution in [3.8, 4) is 11.4 Å². The Kier molecular flexibility index (Phi) is 5.91. The molecule has 2 atom stereocenters. The molecule has 2 aromatic carbocycles. The Balaban J connectivity index is 1.86. The molecule has 0 aliphatic heterocycles. The van der Waals surface area contributed by atoms with Crippen LogP contribution in [0.25, 0.3) is 11.4 Å². The molecule has 1 aromatic heterocycles. The minimum Gasteiger partial charge on any atom is -0.340 e. The molecule has 5 nitrogen and oxygen atoms in total. The van der Waals surface area contributed by atoms with Gasteiger partial charge in [0.15, 0.2) is 0 Å². The number of hydrogen-bond acceptors (Lipinski definition) is 4. The monoisotopic (exact) mass is 383 g/mol. The van der Waals surface area contributed by atoms with Crippen molar-refractivity contribution in [3.05, 3.63) is 70.6 Å². The van der Waals surface area contributed by atoms with Gasteiger partial charge in [-0.2, -0.15) is 4.98 Å². The van der Waals surface area contributed by atoms with Crippen molar-refractivity contribution in [2.75, 3.05) is 0 Å². The molecule has 27 heavy (non-hydrogen) atoms. The lowest BCUT2D eigenvalue weighted by atomic mass is 9.98. The molecule has 0 unspecified atom stereocenters. The topological polar surface area (TPSA) is 68.0 Å². The van der Waals surface area contributed by atoms with Gasteiger partial charge in [-0.3, -0.25) is 4.79 Å². The second kappa shape index (κ2) is 8.35. The fourth-order valence-corrected chi connectivity index (χ4v) is 2.89. The third-order valence-electron chi connectivity index (χ3n) is 4.67. The maximum atomic E-state index is 12.6. The van der Waals surface area contributed by atoms with E-state index >= 15 is 0 Å². The minimum atomic E-state index is -0.370. The summed E-state index contributed by atoms with van der Waals surface area (Å²) in [5.74, 6) is 0.807. The van der Waals surface area contributed by atoms with Crippen molar-refractivity contribution in [1.29, 1.82) is 0 Å². The second-order valence-corrected chi connectivity index (χ2v) is 7.03. The molecule has 140 valence electrons. The fraction of sp³-hybridized carbons (Fsp3) is 0.286. The van der Waals surface area contributed by atoms with Crippen LogP contribution in [0.15, 0.2) is 53.1 Å². The maximum absolute atomic E-state index is 12.6. The van der Waals surface area contributed by atoms with Crippen LogP contribution in [-0.2, 0) is 0 Å². The summed E-state index contributed by atoms with van der Waals surface area (Å²) in [6, 6.07) is 14.3. The third-order valence-corrected chi connectivity index (χ3v) is 5.08. The summed E-state index contributed by atoms with van der Waals surface area (Å²) in [5, 5.41) is 7.75. The van der Waals surface area contributed by atoms with Crippen LogP contribution in [0, 0.1) is 12.8 Å². The van der Waals surface area contributed by atoms with E-state index in [-0.39, 0.29) is 17.9 Å². The molecule has 3 rings (SSSR count). The van der Waals surface area contributed by atoms with Gasteiger partial charge in [0.25, 0.3) is 5.91 Å². The number of nitrogens with one attached hydrogen (secondary N) is 1. The summed E-state index contributed by atoms with van der Waals surface area (Å²) < 4.78 is 5.49. The van der Waals surface area contributed by atoms with Crippen LogP contribution >= 0.6 is 11.6 Å². The average Bonchev–Trinajstić information content (AvgIpc) is 3.18. The molecule has 0 aliphatic carbocycles. The Bertz CT molecular complexity index is 924. The highest BCUT2D eigenvalue weighted by Crippen LogP contribution is 2.28. The molecule has 0 aliphatic rings. The summed E-state index contributed by atoms with van der Waals surface area (Å²) in [6.45, 7) is 6.04. The number of rotatable bonds is 6. The zero-order valence-corrected chi connectivity index (χ0v) is 16.3. The first-order chi connectivity index (χ1) is 13.0. The molecule has 1 heterocycles. The van der Waals surface area contributed by atoms with Crippen LogP contribution in [0.3, 0.4) is 0 Å². The summed E-state index contributed by atoms with van der Waals surface area (Å²) in [6.07, 6.45) is 0.855. The third kappa shape index (κ3) is 4.37. The highest BCUT2D eigenvalue weighted by atomic mass is 35.5. The first-order valence-electron chi connectivity index (χ1n) is 8.95. The van der Waals surface area contributed by atoms with Crippen LogP contribution in [0.4, 0.5) is 0 Å². The van der Waals surface area contributed by atoms with Gasteiger partial charge in [0.1, 0.15) is 6.04 Å². The molecule has 6 heteroatoms. The van der Waals surface area contributed by atoms with Crippen molar-refractivity contribution in [3.63, 3.8) is 0 Å². The summed E-state index contributed by atoms with van der Waals surface area (Å²) >= 11 is 6.20. The Labute approximate surface area is 163 Å². The van der Waals surface area contributed by atoms with E-state index in [0.29, 0.717) is 22.3 Å². The van der Waals surface area contributed by atoms with Crippen molar-refractivity contribution >= 4 is 17.5 Å². The lowest BCUT2D eigenvalue weighted by Crippen LogP contribution is -2.32. The van der Waals surface area contributed by atoms with Gasteiger partial charge in [0, 0.05) is 16.1 Å². The normalized spacial score (nSPS) is 13.2. The average molecular weight is 384 g/mol.